The van der Waals surface area contributed by atoms with Crippen LogP contribution in [0.1, 0.15) is 26.2 Å². The minimum atomic E-state index is 0.639. The lowest BCUT2D eigenvalue weighted by molar-refractivity contribution is 0.373. The molecule has 1 fully saturated rings. The zero-order chi connectivity index (χ0) is 8.55. The van der Waals surface area contributed by atoms with Gasteiger partial charge in [0.15, 0.2) is 0 Å². The van der Waals surface area contributed by atoms with Crippen LogP contribution in [-0.4, -0.2) is 29.4 Å². The molecule has 2 aliphatic rings. The minimum Gasteiger partial charge on any atom is -0.317 e. The molecule has 12 heavy (non-hydrogen) atoms. The van der Waals surface area contributed by atoms with Crippen LogP contribution in [0.25, 0.3) is 0 Å². The number of aliphatic imine (C=N–C) groups is 1. The van der Waals surface area contributed by atoms with Gasteiger partial charge in [-0.3, -0.25) is 4.99 Å². The maximum atomic E-state index is 4.63. The molecule has 1 N–H and O–H groups in total. The number of hydrogen-bond donors (Lipinski definition) is 1. The lowest BCUT2D eigenvalue weighted by atomic mass is 9.91. The fourth-order valence-corrected chi connectivity index (χ4v) is 3.45. The zero-order valence-electron chi connectivity index (χ0n) is 7.71. The van der Waals surface area contributed by atoms with Gasteiger partial charge in [-0.15, -0.1) is 11.8 Å². The van der Waals surface area contributed by atoms with Crippen molar-refractivity contribution in [2.45, 2.75) is 43.5 Å². The van der Waals surface area contributed by atoms with Crippen molar-refractivity contribution in [3.8, 4) is 0 Å². The van der Waals surface area contributed by atoms with Gasteiger partial charge in [0.2, 0.25) is 0 Å². The van der Waals surface area contributed by atoms with E-state index in [0.29, 0.717) is 6.04 Å². The minimum absolute atomic E-state index is 0.639. The summed E-state index contributed by atoms with van der Waals surface area (Å²) in [6.07, 6.45) is 3.88. The number of nitrogens with zero attached hydrogens (tertiary/aromatic N) is 1. The largest absolute Gasteiger partial charge is 0.317 e. The second-order valence-electron chi connectivity index (χ2n) is 3.67. The van der Waals surface area contributed by atoms with Crippen molar-refractivity contribution >= 4 is 16.8 Å². The summed E-state index contributed by atoms with van der Waals surface area (Å²) in [5, 5.41) is 5.43. The van der Waals surface area contributed by atoms with Gasteiger partial charge in [0.1, 0.15) is 0 Å². The Morgan fingerprint density at radius 2 is 2.33 bits per heavy atom. The topological polar surface area (TPSA) is 24.4 Å². The van der Waals surface area contributed by atoms with Crippen molar-refractivity contribution in [3.05, 3.63) is 0 Å². The van der Waals surface area contributed by atoms with Crippen molar-refractivity contribution in [2.75, 3.05) is 7.05 Å². The Balaban J connectivity index is 1.97. The molecule has 1 aliphatic carbocycles. The number of thioether (sulfide) groups is 1. The summed E-state index contributed by atoms with van der Waals surface area (Å²) in [5.74, 6) is 0. The molecule has 1 heterocycles. The van der Waals surface area contributed by atoms with E-state index in [9.17, 15) is 0 Å². The van der Waals surface area contributed by atoms with Crippen molar-refractivity contribution in [1.82, 2.24) is 5.32 Å². The van der Waals surface area contributed by atoms with Gasteiger partial charge in [0.25, 0.3) is 0 Å². The molecular formula is C9H16N2S. The van der Waals surface area contributed by atoms with E-state index in [-0.39, 0.29) is 0 Å². The van der Waals surface area contributed by atoms with E-state index in [2.05, 4.69) is 24.3 Å². The highest BCUT2D eigenvalue weighted by Gasteiger charge is 2.34. The van der Waals surface area contributed by atoms with Gasteiger partial charge in [-0.2, -0.15) is 0 Å². The Morgan fingerprint density at radius 3 is 3.08 bits per heavy atom. The highest BCUT2D eigenvalue weighted by Crippen LogP contribution is 2.36. The molecule has 0 radical (unpaired) electrons. The number of nitrogens with one attached hydrogen (secondary N) is 1. The zero-order valence-corrected chi connectivity index (χ0v) is 8.53. The van der Waals surface area contributed by atoms with Crippen molar-refractivity contribution in [2.24, 2.45) is 4.99 Å². The van der Waals surface area contributed by atoms with Crippen LogP contribution in [0.5, 0.6) is 0 Å². The smallest absolute Gasteiger partial charge is 0.0652 e. The molecule has 0 bridgehead atoms. The molecule has 3 unspecified atom stereocenters. The van der Waals surface area contributed by atoms with Gasteiger partial charge >= 0.3 is 0 Å². The van der Waals surface area contributed by atoms with Gasteiger partial charge < -0.3 is 5.32 Å². The maximum Gasteiger partial charge on any atom is 0.0652 e. The van der Waals surface area contributed by atoms with Crippen LogP contribution in [0.15, 0.2) is 4.99 Å². The quantitative estimate of drug-likeness (QED) is 0.670. The van der Waals surface area contributed by atoms with E-state index in [1.54, 1.807) is 0 Å². The Kier molecular flexibility index (Phi) is 2.42. The summed E-state index contributed by atoms with van der Waals surface area (Å²) in [4.78, 5) is 4.63. The van der Waals surface area contributed by atoms with Crippen molar-refractivity contribution < 1.29 is 0 Å². The van der Waals surface area contributed by atoms with Crippen molar-refractivity contribution in [3.63, 3.8) is 0 Å². The molecule has 2 nitrogen and oxygen atoms in total. The van der Waals surface area contributed by atoms with Crippen LogP contribution in [-0.2, 0) is 0 Å². The summed E-state index contributed by atoms with van der Waals surface area (Å²) in [5.41, 5.74) is 0. The molecule has 0 aromatic carbocycles. The highest BCUT2D eigenvalue weighted by atomic mass is 32.2. The van der Waals surface area contributed by atoms with E-state index >= 15 is 0 Å². The molecule has 2 rings (SSSR count). The fraction of sp³-hybridized carbons (Fsp3) is 0.889. The molecule has 0 aromatic heterocycles. The third-order valence-corrected chi connectivity index (χ3v) is 4.09. The summed E-state index contributed by atoms with van der Waals surface area (Å²) < 4.78 is 0. The first-order valence-electron chi connectivity index (χ1n) is 4.68. The standard InChI is InChI=1S/C9H16N2S/c1-6-11-8-4-3-7(10-2)5-9(8)12-6/h7-10H,3-5H2,1-2H3. The first-order chi connectivity index (χ1) is 5.79. The third-order valence-electron chi connectivity index (χ3n) is 2.83. The lowest BCUT2D eigenvalue weighted by Crippen LogP contribution is -2.37. The highest BCUT2D eigenvalue weighted by molar-refractivity contribution is 8.14. The van der Waals surface area contributed by atoms with E-state index < -0.39 is 0 Å². The normalized spacial score (nSPS) is 40.8. The molecule has 0 saturated heterocycles. The summed E-state index contributed by atoms with van der Waals surface area (Å²) >= 11 is 1.98. The number of hydrogen-bond acceptors (Lipinski definition) is 3. The lowest BCUT2D eigenvalue weighted by Gasteiger charge is -2.29. The molecule has 0 spiro atoms. The van der Waals surface area contributed by atoms with Crippen LogP contribution in [0.4, 0.5) is 0 Å². The van der Waals surface area contributed by atoms with E-state index in [1.807, 2.05) is 11.8 Å². The predicted octanol–water partition coefficient (Wildman–Crippen LogP) is 1.66. The maximum absolute atomic E-state index is 4.63. The fourth-order valence-electron chi connectivity index (χ4n) is 2.13. The summed E-state index contributed by atoms with van der Waals surface area (Å²) in [7, 11) is 2.07. The van der Waals surface area contributed by atoms with Gasteiger partial charge in [-0.05, 0) is 33.2 Å². The second-order valence-corrected chi connectivity index (χ2v) is 5.10. The Hall–Kier alpha value is -0.0200. The average Bonchev–Trinajstić information content (AvgIpc) is 2.43. The Morgan fingerprint density at radius 1 is 1.50 bits per heavy atom. The molecule has 3 atom stereocenters. The number of fused-ring (bicyclic) bond motifs is 1. The monoisotopic (exact) mass is 184 g/mol. The van der Waals surface area contributed by atoms with Crippen LogP contribution < -0.4 is 5.32 Å². The van der Waals surface area contributed by atoms with E-state index in [1.165, 1.54) is 24.3 Å². The molecular weight excluding hydrogens is 168 g/mol. The molecule has 1 saturated carbocycles. The van der Waals surface area contributed by atoms with Gasteiger partial charge in [0.05, 0.1) is 11.1 Å². The molecule has 3 heteroatoms. The van der Waals surface area contributed by atoms with Gasteiger partial charge in [-0.25, -0.2) is 0 Å². The molecule has 0 aromatic rings. The van der Waals surface area contributed by atoms with Crippen LogP contribution >= 0.6 is 11.8 Å². The van der Waals surface area contributed by atoms with E-state index in [4.69, 9.17) is 0 Å². The van der Waals surface area contributed by atoms with Crippen molar-refractivity contribution in [1.29, 1.82) is 0 Å². The predicted molar refractivity (Wildman–Crippen MR) is 55.0 cm³/mol. The molecule has 68 valence electrons. The SMILES string of the molecule is CNC1CCC2N=C(C)SC2C1. The summed E-state index contributed by atoms with van der Waals surface area (Å²) in [6, 6.07) is 1.37. The Labute approximate surface area is 78.2 Å². The molecule has 1 aliphatic heterocycles. The second kappa shape index (κ2) is 3.38. The van der Waals surface area contributed by atoms with Crippen LogP contribution in [0, 0.1) is 0 Å². The average molecular weight is 184 g/mol. The first kappa shape index (κ1) is 8.57. The van der Waals surface area contributed by atoms with E-state index in [0.717, 1.165) is 11.3 Å². The van der Waals surface area contributed by atoms with Gasteiger partial charge in [0, 0.05) is 11.3 Å². The van der Waals surface area contributed by atoms with Gasteiger partial charge in [-0.1, -0.05) is 0 Å². The third kappa shape index (κ3) is 1.52. The Bertz CT molecular complexity index is 203. The first-order valence-corrected chi connectivity index (χ1v) is 5.56. The number of rotatable bonds is 1. The van der Waals surface area contributed by atoms with Crippen LogP contribution in [0.2, 0.25) is 0 Å². The van der Waals surface area contributed by atoms with Crippen LogP contribution in [0.3, 0.4) is 0 Å². The summed E-state index contributed by atoms with van der Waals surface area (Å²) in [6.45, 7) is 2.14. The molecule has 0 amide bonds.